The minimum absolute atomic E-state index is 0.252. The number of furan rings is 1. The molecule has 0 radical (unpaired) electrons. The molecule has 0 amide bonds. The number of nitrogens with zero attached hydrogens (tertiary/aromatic N) is 1. The molecule has 132 valence electrons. The normalized spacial score (nSPS) is 14.4. The van der Waals surface area contributed by atoms with Crippen LogP contribution in [0.3, 0.4) is 0 Å². The predicted octanol–water partition coefficient (Wildman–Crippen LogP) is 3.16. The molecule has 0 atom stereocenters. The maximum atomic E-state index is 12.5. The van der Waals surface area contributed by atoms with Gasteiger partial charge in [-0.2, -0.15) is 0 Å². The number of ether oxygens (including phenoxy) is 2. The van der Waals surface area contributed by atoms with Gasteiger partial charge in [0.1, 0.15) is 5.76 Å². The van der Waals surface area contributed by atoms with Crippen LogP contribution in [0.5, 0.6) is 0 Å². The first kappa shape index (κ1) is 17.2. The molecule has 0 saturated carbocycles. The lowest BCUT2D eigenvalue weighted by Crippen LogP contribution is -2.37. The van der Waals surface area contributed by atoms with Gasteiger partial charge < -0.3 is 18.8 Å². The van der Waals surface area contributed by atoms with Crippen LogP contribution in [0.15, 0.2) is 34.7 Å². The standard InChI is InChI=1S/C19H21NO5/c1-2-9-24-19(22)16-12-14(18-6-4-15(13-21)25-18)3-5-17(16)20-7-10-23-11-8-20/h3-6,12-13H,2,7-11H2,1H3. The van der Waals surface area contributed by atoms with Gasteiger partial charge in [0.05, 0.1) is 31.1 Å². The molecule has 1 aromatic carbocycles. The van der Waals surface area contributed by atoms with Crippen molar-refractivity contribution < 1.29 is 23.5 Å². The zero-order chi connectivity index (χ0) is 17.6. The number of aldehydes is 1. The van der Waals surface area contributed by atoms with Crippen molar-refractivity contribution in [3.05, 3.63) is 41.7 Å². The van der Waals surface area contributed by atoms with Crippen LogP contribution < -0.4 is 4.90 Å². The number of benzene rings is 1. The van der Waals surface area contributed by atoms with Crippen LogP contribution in [-0.2, 0) is 9.47 Å². The van der Waals surface area contributed by atoms with Gasteiger partial charge in [0, 0.05) is 18.7 Å². The summed E-state index contributed by atoms with van der Waals surface area (Å²) in [6, 6.07) is 8.86. The monoisotopic (exact) mass is 343 g/mol. The molecule has 1 aromatic heterocycles. The second kappa shape index (κ2) is 7.98. The number of hydrogen-bond donors (Lipinski definition) is 0. The van der Waals surface area contributed by atoms with Crippen molar-refractivity contribution in [2.45, 2.75) is 13.3 Å². The van der Waals surface area contributed by atoms with Crippen LogP contribution >= 0.6 is 0 Å². The maximum Gasteiger partial charge on any atom is 0.340 e. The molecule has 1 aliphatic heterocycles. The van der Waals surface area contributed by atoms with E-state index in [9.17, 15) is 9.59 Å². The Labute approximate surface area is 146 Å². The van der Waals surface area contributed by atoms with Crippen molar-refractivity contribution in [3.63, 3.8) is 0 Å². The number of carbonyl (C=O) groups is 2. The number of carbonyl (C=O) groups excluding carboxylic acids is 2. The van der Waals surface area contributed by atoms with E-state index >= 15 is 0 Å². The summed E-state index contributed by atoms with van der Waals surface area (Å²) in [5, 5.41) is 0. The Kier molecular flexibility index (Phi) is 5.50. The van der Waals surface area contributed by atoms with E-state index < -0.39 is 0 Å². The van der Waals surface area contributed by atoms with Gasteiger partial charge >= 0.3 is 5.97 Å². The zero-order valence-corrected chi connectivity index (χ0v) is 14.2. The lowest BCUT2D eigenvalue weighted by molar-refractivity contribution is 0.0505. The Morgan fingerprint density at radius 2 is 2.04 bits per heavy atom. The quantitative estimate of drug-likeness (QED) is 0.593. The molecular formula is C19H21NO5. The van der Waals surface area contributed by atoms with Gasteiger partial charge in [0.2, 0.25) is 0 Å². The molecule has 0 aliphatic carbocycles. The highest BCUT2D eigenvalue weighted by molar-refractivity contribution is 5.97. The number of anilines is 1. The van der Waals surface area contributed by atoms with Crippen LogP contribution in [0.2, 0.25) is 0 Å². The van der Waals surface area contributed by atoms with E-state index in [-0.39, 0.29) is 11.7 Å². The number of rotatable bonds is 6. The fraction of sp³-hybridized carbons (Fsp3) is 0.368. The third-order valence-electron chi connectivity index (χ3n) is 4.03. The highest BCUT2D eigenvalue weighted by Gasteiger charge is 2.21. The van der Waals surface area contributed by atoms with E-state index in [1.807, 2.05) is 19.1 Å². The summed E-state index contributed by atoms with van der Waals surface area (Å²) >= 11 is 0. The Balaban J connectivity index is 1.96. The molecule has 0 spiro atoms. The SMILES string of the molecule is CCCOC(=O)c1cc(-c2ccc(C=O)o2)ccc1N1CCOCC1. The first-order valence-corrected chi connectivity index (χ1v) is 8.42. The molecule has 1 fully saturated rings. The van der Waals surface area contributed by atoms with Crippen molar-refractivity contribution in [2.24, 2.45) is 0 Å². The molecule has 0 N–H and O–H groups in total. The third kappa shape index (κ3) is 3.91. The van der Waals surface area contributed by atoms with Crippen LogP contribution in [0, 0.1) is 0 Å². The van der Waals surface area contributed by atoms with E-state index in [4.69, 9.17) is 13.9 Å². The van der Waals surface area contributed by atoms with Crippen molar-refractivity contribution >= 4 is 17.9 Å². The van der Waals surface area contributed by atoms with Crippen molar-refractivity contribution in [3.8, 4) is 11.3 Å². The Hall–Kier alpha value is -2.60. The van der Waals surface area contributed by atoms with Crippen molar-refractivity contribution in [2.75, 3.05) is 37.8 Å². The summed E-state index contributed by atoms with van der Waals surface area (Å²) in [5.74, 6) is 0.440. The van der Waals surface area contributed by atoms with Crippen LogP contribution in [-0.4, -0.2) is 45.2 Å². The summed E-state index contributed by atoms with van der Waals surface area (Å²) in [7, 11) is 0. The summed E-state index contributed by atoms with van der Waals surface area (Å²) in [5.41, 5.74) is 2.06. The Bertz CT molecular complexity index is 746. The highest BCUT2D eigenvalue weighted by Crippen LogP contribution is 2.30. The number of hydrogen-bond acceptors (Lipinski definition) is 6. The average molecular weight is 343 g/mol. The minimum atomic E-state index is -0.354. The van der Waals surface area contributed by atoms with Gasteiger partial charge in [0.15, 0.2) is 12.0 Å². The van der Waals surface area contributed by atoms with Crippen molar-refractivity contribution in [1.82, 2.24) is 0 Å². The predicted molar refractivity (Wildman–Crippen MR) is 93.1 cm³/mol. The molecule has 3 rings (SSSR count). The molecule has 2 heterocycles. The summed E-state index contributed by atoms with van der Waals surface area (Å²) in [6.45, 7) is 5.04. The largest absolute Gasteiger partial charge is 0.462 e. The Morgan fingerprint density at radius 3 is 2.72 bits per heavy atom. The molecule has 0 bridgehead atoms. The van der Waals surface area contributed by atoms with E-state index in [1.54, 1.807) is 18.2 Å². The molecule has 25 heavy (non-hydrogen) atoms. The summed E-state index contributed by atoms with van der Waals surface area (Å²) in [6.07, 6.45) is 1.42. The fourth-order valence-electron chi connectivity index (χ4n) is 2.78. The van der Waals surface area contributed by atoms with Gasteiger partial charge in [-0.25, -0.2) is 4.79 Å². The second-order valence-electron chi connectivity index (χ2n) is 5.79. The van der Waals surface area contributed by atoms with E-state index in [0.717, 1.165) is 30.8 Å². The lowest BCUT2D eigenvalue weighted by Gasteiger charge is -2.30. The van der Waals surface area contributed by atoms with Crippen LogP contribution in [0.1, 0.15) is 34.3 Å². The van der Waals surface area contributed by atoms with E-state index in [2.05, 4.69) is 4.90 Å². The first-order chi connectivity index (χ1) is 12.2. The van der Waals surface area contributed by atoms with Crippen molar-refractivity contribution in [1.29, 1.82) is 0 Å². The summed E-state index contributed by atoms with van der Waals surface area (Å²) in [4.78, 5) is 25.5. The molecule has 2 aromatic rings. The van der Waals surface area contributed by atoms with Crippen LogP contribution in [0.25, 0.3) is 11.3 Å². The molecule has 6 nitrogen and oxygen atoms in total. The highest BCUT2D eigenvalue weighted by atomic mass is 16.5. The summed E-state index contributed by atoms with van der Waals surface area (Å²) < 4.78 is 16.2. The lowest BCUT2D eigenvalue weighted by atomic mass is 10.1. The molecule has 1 aliphatic rings. The van der Waals surface area contributed by atoms with Crippen LogP contribution in [0.4, 0.5) is 5.69 Å². The van der Waals surface area contributed by atoms with E-state index in [1.165, 1.54) is 0 Å². The van der Waals surface area contributed by atoms with E-state index in [0.29, 0.717) is 37.4 Å². The minimum Gasteiger partial charge on any atom is -0.462 e. The molecular weight excluding hydrogens is 322 g/mol. The molecule has 6 heteroatoms. The van der Waals surface area contributed by atoms with Gasteiger partial charge in [-0.15, -0.1) is 0 Å². The topological polar surface area (TPSA) is 69.0 Å². The van der Waals surface area contributed by atoms with Gasteiger partial charge in [0.25, 0.3) is 0 Å². The molecule has 1 saturated heterocycles. The number of esters is 1. The third-order valence-corrected chi connectivity index (χ3v) is 4.03. The zero-order valence-electron chi connectivity index (χ0n) is 14.2. The Morgan fingerprint density at radius 1 is 1.24 bits per heavy atom. The first-order valence-electron chi connectivity index (χ1n) is 8.42. The fourth-order valence-corrected chi connectivity index (χ4v) is 2.78. The smallest absolute Gasteiger partial charge is 0.340 e. The molecule has 0 unspecified atom stereocenters. The van der Waals surface area contributed by atoms with Gasteiger partial charge in [-0.3, -0.25) is 4.79 Å². The van der Waals surface area contributed by atoms with Gasteiger partial charge in [-0.1, -0.05) is 6.92 Å². The second-order valence-corrected chi connectivity index (χ2v) is 5.79. The number of morpholine rings is 1. The maximum absolute atomic E-state index is 12.5. The average Bonchev–Trinajstić information content (AvgIpc) is 3.15. The van der Waals surface area contributed by atoms with Gasteiger partial charge in [-0.05, 0) is 36.8 Å².